The van der Waals surface area contributed by atoms with Crippen molar-refractivity contribution in [3.05, 3.63) is 39.7 Å². The summed E-state index contributed by atoms with van der Waals surface area (Å²) in [5, 5.41) is 27.9. The monoisotopic (exact) mass is 286 g/mol. The number of halogens is 1. The van der Waals surface area contributed by atoms with Crippen LogP contribution in [0.3, 0.4) is 0 Å². The van der Waals surface area contributed by atoms with Crippen LogP contribution in [-0.4, -0.2) is 45.1 Å². The van der Waals surface area contributed by atoms with Crippen molar-refractivity contribution in [3.63, 3.8) is 0 Å². The lowest BCUT2D eigenvalue weighted by Crippen LogP contribution is -2.34. The molecule has 1 aromatic carbocycles. The van der Waals surface area contributed by atoms with Gasteiger partial charge in [0.25, 0.3) is 5.69 Å². The van der Waals surface area contributed by atoms with E-state index in [4.69, 9.17) is 10.2 Å². The van der Waals surface area contributed by atoms with Crippen LogP contribution >= 0.6 is 0 Å². The topological polar surface area (TPSA) is 121 Å². The van der Waals surface area contributed by atoms with Crippen LogP contribution in [0.25, 0.3) is 0 Å². The lowest BCUT2D eigenvalue weighted by Gasteiger charge is -2.17. The SMILES string of the molecule is O=C(O)CN(CC(=O)O)Cc1cc(F)cc([N+](=O)[O-])c1. The van der Waals surface area contributed by atoms with Gasteiger partial charge in [-0.1, -0.05) is 0 Å². The van der Waals surface area contributed by atoms with Gasteiger partial charge in [0.15, 0.2) is 0 Å². The Kier molecular flexibility index (Phi) is 5.09. The maximum absolute atomic E-state index is 13.2. The molecule has 0 saturated carbocycles. The second-order valence-electron chi connectivity index (χ2n) is 4.01. The number of hydrogen-bond acceptors (Lipinski definition) is 5. The first-order valence-corrected chi connectivity index (χ1v) is 5.37. The molecule has 108 valence electrons. The summed E-state index contributed by atoms with van der Waals surface area (Å²) < 4.78 is 13.2. The smallest absolute Gasteiger partial charge is 0.317 e. The Hall–Kier alpha value is -2.55. The number of nitro groups is 1. The third kappa shape index (κ3) is 4.98. The number of non-ortho nitro benzene ring substituents is 1. The Morgan fingerprint density at radius 2 is 1.75 bits per heavy atom. The molecule has 0 radical (unpaired) electrons. The Bertz CT molecular complexity index is 532. The second kappa shape index (κ2) is 6.57. The number of carbonyl (C=O) groups is 2. The van der Waals surface area contributed by atoms with Crippen LogP contribution in [0, 0.1) is 15.9 Å². The first kappa shape index (κ1) is 15.5. The van der Waals surface area contributed by atoms with E-state index in [9.17, 15) is 24.1 Å². The van der Waals surface area contributed by atoms with Crippen LogP contribution in [0.2, 0.25) is 0 Å². The van der Waals surface area contributed by atoms with E-state index >= 15 is 0 Å². The van der Waals surface area contributed by atoms with Crippen molar-refractivity contribution >= 4 is 17.6 Å². The third-order valence-electron chi connectivity index (χ3n) is 2.28. The van der Waals surface area contributed by atoms with Gasteiger partial charge >= 0.3 is 11.9 Å². The molecule has 0 spiro atoms. The molecular formula is C11H11FN2O6. The minimum atomic E-state index is -1.25. The molecular weight excluding hydrogens is 275 g/mol. The zero-order valence-electron chi connectivity index (χ0n) is 10.2. The summed E-state index contributed by atoms with van der Waals surface area (Å²) in [6.45, 7) is -1.37. The zero-order valence-corrected chi connectivity index (χ0v) is 10.2. The molecule has 0 aliphatic heterocycles. The van der Waals surface area contributed by atoms with Crippen molar-refractivity contribution in [2.24, 2.45) is 0 Å². The minimum Gasteiger partial charge on any atom is -0.480 e. The molecule has 0 aliphatic rings. The molecule has 0 saturated heterocycles. The van der Waals surface area contributed by atoms with Crippen LogP contribution in [0.5, 0.6) is 0 Å². The normalized spacial score (nSPS) is 10.5. The Morgan fingerprint density at radius 3 is 2.20 bits per heavy atom. The van der Waals surface area contributed by atoms with Gasteiger partial charge in [-0.15, -0.1) is 0 Å². The van der Waals surface area contributed by atoms with Gasteiger partial charge in [-0.05, 0) is 11.6 Å². The molecule has 0 atom stereocenters. The predicted octanol–water partition coefficient (Wildman–Crippen LogP) is 0.705. The molecule has 0 aromatic heterocycles. The van der Waals surface area contributed by atoms with E-state index in [1.807, 2.05) is 0 Å². The number of hydrogen-bond donors (Lipinski definition) is 2. The molecule has 1 aromatic rings. The fourth-order valence-corrected chi connectivity index (χ4v) is 1.64. The van der Waals surface area contributed by atoms with Crippen molar-refractivity contribution in [2.75, 3.05) is 13.1 Å². The molecule has 8 nitrogen and oxygen atoms in total. The number of benzene rings is 1. The van der Waals surface area contributed by atoms with E-state index in [0.717, 1.165) is 23.1 Å². The number of carboxylic acids is 2. The van der Waals surface area contributed by atoms with Gasteiger partial charge < -0.3 is 10.2 Å². The molecule has 0 amide bonds. The largest absolute Gasteiger partial charge is 0.480 e. The van der Waals surface area contributed by atoms with Gasteiger partial charge in [-0.2, -0.15) is 0 Å². The van der Waals surface area contributed by atoms with Crippen LogP contribution in [0.4, 0.5) is 10.1 Å². The lowest BCUT2D eigenvalue weighted by molar-refractivity contribution is -0.385. The Balaban J connectivity index is 2.94. The van der Waals surface area contributed by atoms with Crippen molar-refractivity contribution < 1.29 is 29.1 Å². The predicted molar refractivity (Wildman–Crippen MR) is 63.6 cm³/mol. The summed E-state index contributed by atoms with van der Waals surface area (Å²) in [5.74, 6) is -3.35. The van der Waals surface area contributed by atoms with Gasteiger partial charge in [0.1, 0.15) is 5.82 Å². The van der Waals surface area contributed by atoms with Gasteiger partial charge in [-0.3, -0.25) is 24.6 Å². The van der Waals surface area contributed by atoms with Crippen LogP contribution < -0.4 is 0 Å². The maximum Gasteiger partial charge on any atom is 0.317 e. The molecule has 1 rings (SSSR count). The summed E-state index contributed by atoms with van der Waals surface area (Å²) in [5.41, 5.74) is -0.357. The standard InChI is InChI=1S/C11H11FN2O6/c12-8-1-7(2-9(3-8)14(19)20)4-13(5-10(15)16)6-11(17)18/h1-3H,4-6H2,(H,15,16)(H,17,18). The molecule has 0 heterocycles. The second-order valence-corrected chi connectivity index (χ2v) is 4.01. The lowest BCUT2D eigenvalue weighted by atomic mass is 10.2. The molecule has 0 aliphatic carbocycles. The third-order valence-corrected chi connectivity index (χ3v) is 2.28. The first-order chi connectivity index (χ1) is 9.27. The molecule has 2 N–H and O–H groups in total. The van der Waals surface area contributed by atoms with Crippen molar-refractivity contribution in [2.45, 2.75) is 6.54 Å². The molecule has 0 bridgehead atoms. The quantitative estimate of drug-likeness (QED) is 0.559. The number of rotatable bonds is 7. The number of nitro benzene ring substituents is 1. The molecule has 0 fully saturated rings. The van der Waals surface area contributed by atoms with E-state index < -0.39 is 41.5 Å². The molecule has 20 heavy (non-hydrogen) atoms. The first-order valence-electron chi connectivity index (χ1n) is 5.37. The molecule has 0 unspecified atom stereocenters. The summed E-state index contributed by atoms with van der Waals surface area (Å²) in [6.07, 6.45) is 0. The van der Waals surface area contributed by atoms with E-state index in [1.54, 1.807) is 0 Å². The fraction of sp³-hybridized carbons (Fsp3) is 0.273. The van der Waals surface area contributed by atoms with E-state index in [0.29, 0.717) is 0 Å². The summed E-state index contributed by atoms with van der Waals surface area (Å²) >= 11 is 0. The van der Waals surface area contributed by atoms with Crippen LogP contribution in [0.1, 0.15) is 5.56 Å². The van der Waals surface area contributed by atoms with Gasteiger partial charge in [0.2, 0.25) is 0 Å². The highest BCUT2D eigenvalue weighted by atomic mass is 19.1. The highest BCUT2D eigenvalue weighted by Crippen LogP contribution is 2.17. The number of nitrogens with zero attached hydrogens (tertiary/aromatic N) is 2. The van der Waals surface area contributed by atoms with Crippen molar-refractivity contribution in [1.82, 2.24) is 4.90 Å². The number of aliphatic carboxylic acids is 2. The highest BCUT2D eigenvalue weighted by molar-refractivity contribution is 5.72. The van der Waals surface area contributed by atoms with Gasteiger partial charge in [0.05, 0.1) is 24.1 Å². The zero-order chi connectivity index (χ0) is 15.3. The van der Waals surface area contributed by atoms with Gasteiger partial charge in [-0.25, -0.2) is 4.39 Å². The summed E-state index contributed by atoms with van der Waals surface area (Å²) in [6, 6.07) is 2.78. The minimum absolute atomic E-state index is 0.124. The summed E-state index contributed by atoms with van der Waals surface area (Å²) in [7, 11) is 0. The summed E-state index contributed by atoms with van der Waals surface area (Å²) in [4.78, 5) is 32.0. The van der Waals surface area contributed by atoms with Gasteiger partial charge in [0, 0.05) is 12.6 Å². The highest BCUT2D eigenvalue weighted by Gasteiger charge is 2.16. The molecule has 9 heteroatoms. The maximum atomic E-state index is 13.2. The van der Waals surface area contributed by atoms with Crippen LogP contribution in [0.15, 0.2) is 18.2 Å². The Morgan fingerprint density at radius 1 is 1.20 bits per heavy atom. The van der Waals surface area contributed by atoms with Crippen molar-refractivity contribution in [1.29, 1.82) is 0 Å². The van der Waals surface area contributed by atoms with E-state index in [1.165, 1.54) is 0 Å². The average Bonchev–Trinajstić information content (AvgIpc) is 2.25. The average molecular weight is 286 g/mol. The Labute approximate surface area is 112 Å². The fourth-order valence-electron chi connectivity index (χ4n) is 1.64. The van der Waals surface area contributed by atoms with Crippen LogP contribution in [-0.2, 0) is 16.1 Å². The number of carboxylic acid groups (broad SMARTS) is 2. The van der Waals surface area contributed by atoms with E-state index in [2.05, 4.69) is 0 Å². The van der Waals surface area contributed by atoms with E-state index in [-0.39, 0.29) is 12.1 Å². The van der Waals surface area contributed by atoms with Crippen molar-refractivity contribution in [3.8, 4) is 0 Å².